The molecule has 19 heavy (non-hydrogen) atoms. The van der Waals surface area contributed by atoms with Gasteiger partial charge in [-0.1, -0.05) is 12.1 Å². The Morgan fingerprint density at radius 1 is 1.32 bits per heavy atom. The second-order valence-electron chi connectivity index (χ2n) is 4.18. The minimum absolute atomic E-state index is 0.0976. The largest absolute Gasteiger partial charge is 0.465 e. The minimum atomic E-state index is -0.340. The van der Waals surface area contributed by atoms with Crippen molar-refractivity contribution in [1.29, 1.82) is 0 Å². The summed E-state index contributed by atoms with van der Waals surface area (Å²) in [7, 11) is 3.01. The lowest BCUT2D eigenvalue weighted by molar-refractivity contribution is 0.0600. The lowest BCUT2D eigenvalue weighted by Gasteiger charge is -2.21. The van der Waals surface area contributed by atoms with Crippen molar-refractivity contribution in [2.75, 3.05) is 40.5 Å². The van der Waals surface area contributed by atoms with Gasteiger partial charge in [0.25, 0.3) is 0 Å². The smallest absolute Gasteiger partial charge is 0.337 e. The summed E-state index contributed by atoms with van der Waals surface area (Å²) < 4.78 is 9.73. The van der Waals surface area contributed by atoms with E-state index in [1.54, 1.807) is 13.2 Å². The first kappa shape index (κ1) is 15.6. The van der Waals surface area contributed by atoms with Crippen molar-refractivity contribution < 1.29 is 19.4 Å². The number of aliphatic hydroxyl groups excluding tert-OH is 1. The summed E-state index contributed by atoms with van der Waals surface area (Å²) in [6.45, 7) is 2.68. The predicted molar refractivity (Wildman–Crippen MR) is 72.0 cm³/mol. The van der Waals surface area contributed by atoms with Crippen molar-refractivity contribution in [1.82, 2.24) is 4.90 Å². The van der Waals surface area contributed by atoms with Crippen LogP contribution in [0, 0.1) is 0 Å². The standard InChI is InChI=1S/C14H21NO4/c1-18-9-7-15(6-8-16)11-12-4-3-5-13(10-12)14(17)19-2/h3-5,10,16H,6-9,11H2,1-2H3. The fraction of sp³-hybridized carbons (Fsp3) is 0.500. The first-order valence-corrected chi connectivity index (χ1v) is 6.20. The second kappa shape index (κ2) is 8.63. The van der Waals surface area contributed by atoms with Gasteiger partial charge >= 0.3 is 5.97 Å². The summed E-state index contributed by atoms with van der Waals surface area (Å²) in [5.41, 5.74) is 1.54. The first-order valence-electron chi connectivity index (χ1n) is 6.20. The van der Waals surface area contributed by atoms with E-state index in [1.807, 2.05) is 18.2 Å². The Morgan fingerprint density at radius 2 is 2.11 bits per heavy atom. The molecule has 1 aromatic carbocycles. The summed E-state index contributed by atoms with van der Waals surface area (Å²) in [4.78, 5) is 13.5. The maximum atomic E-state index is 11.5. The zero-order valence-corrected chi connectivity index (χ0v) is 11.5. The van der Waals surface area contributed by atoms with Gasteiger partial charge in [-0.15, -0.1) is 0 Å². The Kier molecular flexibility index (Phi) is 7.10. The van der Waals surface area contributed by atoms with Crippen LogP contribution < -0.4 is 0 Å². The number of benzene rings is 1. The maximum Gasteiger partial charge on any atom is 0.337 e. The monoisotopic (exact) mass is 267 g/mol. The number of carbonyl (C=O) groups is 1. The Labute approximate surface area is 113 Å². The lowest BCUT2D eigenvalue weighted by Crippen LogP contribution is -2.29. The van der Waals surface area contributed by atoms with E-state index in [9.17, 15) is 4.79 Å². The topological polar surface area (TPSA) is 59.0 Å². The predicted octanol–water partition coefficient (Wildman–Crippen LogP) is 0.914. The van der Waals surface area contributed by atoms with Crippen LogP contribution in [0.2, 0.25) is 0 Å². The number of methoxy groups -OCH3 is 2. The molecule has 0 fully saturated rings. The number of hydrogen-bond donors (Lipinski definition) is 1. The van der Waals surface area contributed by atoms with E-state index in [2.05, 4.69) is 4.90 Å². The van der Waals surface area contributed by atoms with Crippen molar-refractivity contribution >= 4 is 5.97 Å². The fourth-order valence-corrected chi connectivity index (χ4v) is 1.80. The molecule has 0 aliphatic heterocycles. The molecule has 1 N–H and O–H groups in total. The van der Waals surface area contributed by atoms with Gasteiger partial charge in [-0.05, 0) is 17.7 Å². The van der Waals surface area contributed by atoms with Gasteiger partial charge in [0, 0.05) is 26.7 Å². The van der Waals surface area contributed by atoms with Crippen molar-refractivity contribution in [2.45, 2.75) is 6.54 Å². The van der Waals surface area contributed by atoms with Crippen molar-refractivity contribution in [3.63, 3.8) is 0 Å². The molecule has 5 nitrogen and oxygen atoms in total. The third-order valence-corrected chi connectivity index (χ3v) is 2.78. The molecule has 0 heterocycles. The molecular formula is C14H21NO4. The van der Waals surface area contributed by atoms with E-state index >= 15 is 0 Å². The van der Waals surface area contributed by atoms with Crippen LogP contribution in [0.4, 0.5) is 0 Å². The summed E-state index contributed by atoms with van der Waals surface area (Å²) in [5.74, 6) is -0.340. The normalized spacial score (nSPS) is 10.7. The van der Waals surface area contributed by atoms with Crippen LogP contribution in [-0.4, -0.2) is 56.5 Å². The van der Waals surface area contributed by atoms with Crippen LogP contribution in [0.3, 0.4) is 0 Å². The van der Waals surface area contributed by atoms with Gasteiger partial charge in [-0.25, -0.2) is 4.79 Å². The zero-order chi connectivity index (χ0) is 14.1. The number of aliphatic hydroxyl groups is 1. The van der Waals surface area contributed by atoms with Crippen LogP contribution >= 0.6 is 0 Å². The van der Waals surface area contributed by atoms with E-state index in [1.165, 1.54) is 7.11 Å². The molecule has 0 aliphatic carbocycles. The molecule has 0 amide bonds. The molecule has 0 saturated heterocycles. The third-order valence-electron chi connectivity index (χ3n) is 2.78. The molecule has 0 aromatic heterocycles. The fourth-order valence-electron chi connectivity index (χ4n) is 1.80. The molecule has 1 rings (SSSR count). The quantitative estimate of drug-likeness (QED) is 0.710. The van der Waals surface area contributed by atoms with Crippen LogP contribution in [0.1, 0.15) is 15.9 Å². The lowest BCUT2D eigenvalue weighted by atomic mass is 10.1. The molecule has 0 unspecified atom stereocenters. The molecular weight excluding hydrogens is 246 g/mol. The van der Waals surface area contributed by atoms with Gasteiger partial charge in [-0.2, -0.15) is 0 Å². The van der Waals surface area contributed by atoms with E-state index in [0.29, 0.717) is 25.3 Å². The SMILES string of the molecule is COCCN(CCO)Cc1cccc(C(=O)OC)c1. The minimum Gasteiger partial charge on any atom is -0.465 e. The summed E-state index contributed by atoms with van der Waals surface area (Å²) in [5, 5.41) is 9.04. The average molecular weight is 267 g/mol. The highest BCUT2D eigenvalue weighted by molar-refractivity contribution is 5.89. The maximum absolute atomic E-state index is 11.5. The number of carbonyl (C=O) groups excluding carboxylic acids is 1. The van der Waals surface area contributed by atoms with Crippen molar-refractivity contribution in [3.05, 3.63) is 35.4 Å². The first-order chi connectivity index (χ1) is 9.21. The molecule has 0 saturated carbocycles. The highest BCUT2D eigenvalue weighted by Gasteiger charge is 2.09. The summed E-state index contributed by atoms with van der Waals surface area (Å²) >= 11 is 0. The number of esters is 1. The van der Waals surface area contributed by atoms with Gasteiger partial charge in [0.2, 0.25) is 0 Å². The van der Waals surface area contributed by atoms with Gasteiger partial charge in [0.1, 0.15) is 0 Å². The Hall–Kier alpha value is -1.43. The molecule has 0 radical (unpaired) electrons. The van der Waals surface area contributed by atoms with Gasteiger partial charge in [-0.3, -0.25) is 4.90 Å². The van der Waals surface area contributed by atoms with Gasteiger partial charge in [0.15, 0.2) is 0 Å². The number of hydrogen-bond acceptors (Lipinski definition) is 5. The highest BCUT2D eigenvalue weighted by atomic mass is 16.5. The molecule has 5 heteroatoms. The van der Waals surface area contributed by atoms with Crippen LogP contribution in [0.5, 0.6) is 0 Å². The highest BCUT2D eigenvalue weighted by Crippen LogP contribution is 2.09. The number of rotatable bonds is 8. The number of nitrogens with zero attached hydrogens (tertiary/aromatic N) is 1. The Bertz CT molecular complexity index is 395. The van der Waals surface area contributed by atoms with Crippen LogP contribution in [0.25, 0.3) is 0 Å². The third kappa shape index (κ3) is 5.38. The van der Waals surface area contributed by atoms with E-state index in [4.69, 9.17) is 14.6 Å². The van der Waals surface area contributed by atoms with Crippen molar-refractivity contribution in [3.8, 4) is 0 Å². The Morgan fingerprint density at radius 3 is 2.74 bits per heavy atom. The van der Waals surface area contributed by atoms with E-state index in [0.717, 1.165) is 12.1 Å². The van der Waals surface area contributed by atoms with Crippen LogP contribution in [-0.2, 0) is 16.0 Å². The molecule has 0 atom stereocenters. The van der Waals surface area contributed by atoms with Crippen LogP contribution in [0.15, 0.2) is 24.3 Å². The number of ether oxygens (including phenoxy) is 2. The van der Waals surface area contributed by atoms with Crippen molar-refractivity contribution in [2.24, 2.45) is 0 Å². The second-order valence-corrected chi connectivity index (χ2v) is 4.18. The molecule has 0 aliphatic rings. The zero-order valence-electron chi connectivity index (χ0n) is 11.5. The summed E-state index contributed by atoms with van der Waals surface area (Å²) in [6, 6.07) is 7.31. The van der Waals surface area contributed by atoms with E-state index in [-0.39, 0.29) is 12.6 Å². The van der Waals surface area contributed by atoms with Gasteiger partial charge in [0.05, 0.1) is 25.9 Å². The molecule has 1 aromatic rings. The average Bonchev–Trinajstić information content (AvgIpc) is 2.44. The Balaban J connectivity index is 2.69. The molecule has 106 valence electrons. The van der Waals surface area contributed by atoms with E-state index < -0.39 is 0 Å². The summed E-state index contributed by atoms with van der Waals surface area (Å²) in [6.07, 6.45) is 0. The molecule has 0 spiro atoms. The molecule has 0 bridgehead atoms. The van der Waals surface area contributed by atoms with Gasteiger partial charge < -0.3 is 14.6 Å².